The van der Waals surface area contributed by atoms with Crippen molar-refractivity contribution in [3.8, 4) is 11.5 Å². The number of hydrogen-bond donors (Lipinski definition) is 2. The molecule has 1 unspecified atom stereocenters. The van der Waals surface area contributed by atoms with E-state index in [1.807, 2.05) is 31.2 Å². The van der Waals surface area contributed by atoms with Gasteiger partial charge in [0.25, 0.3) is 0 Å². The molecule has 3 aromatic rings. The van der Waals surface area contributed by atoms with Gasteiger partial charge in [0, 0.05) is 17.8 Å². The fourth-order valence-electron chi connectivity index (χ4n) is 2.90. The van der Waals surface area contributed by atoms with Crippen molar-refractivity contribution in [2.24, 2.45) is 0 Å². The van der Waals surface area contributed by atoms with E-state index in [0.29, 0.717) is 48.9 Å². The zero-order chi connectivity index (χ0) is 22.8. The van der Waals surface area contributed by atoms with E-state index < -0.39 is 6.04 Å². The summed E-state index contributed by atoms with van der Waals surface area (Å²) in [5.41, 5.74) is 1.28. The summed E-state index contributed by atoms with van der Waals surface area (Å²) < 4.78 is 12.7. The third-order valence-corrected chi connectivity index (χ3v) is 4.60. The highest BCUT2D eigenvalue weighted by atomic mass is 16.5. The molecule has 3 rings (SSSR count). The average Bonchev–Trinajstić information content (AvgIpc) is 3.33. The second kappa shape index (κ2) is 11.5. The second-order valence-electron chi connectivity index (χ2n) is 7.00. The standard InChI is InChI=1S/C23H27N5O4/c1-3-31-20-7-4-5-8-21(20)32-14-6-9-22(29)26-18-10-12-19(13-11-18)27-23(30)17(2)28-16-24-15-25-28/h4-5,7-8,10-13,15-17H,3,6,9,14H2,1-2H3,(H,26,29)(H,27,30). The quantitative estimate of drug-likeness (QED) is 0.443. The lowest BCUT2D eigenvalue weighted by Gasteiger charge is -2.13. The van der Waals surface area contributed by atoms with Crippen molar-refractivity contribution in [1.29, 1.82) is 0 Å². The summed E-state index contributed by atoms with van der Waals surface area (Å²) in [5, 5.41) is 9.63. The van der Waals surface area contributed by atoms with E-state index in [1.54, 1.807) is 31.2 Å². The number of hydrogen-bond acceptors (Lipinski definition) is 6. The molecule has 1 atom stereocenters. The van der Waals surface area contributed by atoms with Crippen LogP contribution in [0.1, 0.15) is 32.7 Å². The van der Waals surface area contributed by atoms with Gasteiger partial charge < -0.3 is 20.1 Å². The summed E-state index contributed by atoms with van der Waals surface area (Å²) in [6.45, 7) is 4.62. The Hall–Kier alpha value is -3.88. The molecule has 1 aromatic heterocycles. The fourth-order valence-corrected chi connectivity index (χ4v) is 2.90. The first kappa shape index (κ1) is 22.8. The number of aromatic nitrogens is 3. The molecule has 0 aliphatic carbocycles. The lowest BCUT2D eigenvalue weighted by Crippen LogP contribution is -2.24. The molecule has 0 saturated carbocycles. The first-order chi connectivity index (χ1) is 15.6. The molecular formula is C23H27N5O4. The highest BCUT2D eigenvalue weighted by Gasteiger charge is 2.15. The van der Waals surface area contributed by atoms with E-state index in [4.69, 9.17) is 9.47 Å². The van der Waals surface area contributed by atoms with E-state index >= 15 is 0 Å². The minimum Gasteiger partial charge on any atom is -0.490 e. The monoisotopic (exact) mass is 437 g/mol. The van der Waals surface area contributed by atoms with Gasteiger partial charge in [0.05, 0.1) is 13.2 Å². The third kappa shape index (κ3) is 6.56. The predicted octanol–water partition coefficient (Wildman–Crippen LogP) is 3.67. The number of para-hydroxylation sites is 2. The van der Waals surface area contributed by atoms with Crippen LogP contribution >= 0.6 is 0 Å². The van der Waals surface area contributed by atoms with Gasteiger partial charge in [0.15, 0.2) is 11.5 Å². The lowest BCUT2D eigenvalue weighted by atomic mass is 10.2. The highest BCUT2D eigenvalue weighted by Crippen LogP contribution is 2.26. The maximum absolute atomic E-state index is 12.3. The van der Waals surface area contributed by atoms with Gasteiger partial charge in [0.2, 0.25) is 11.8 Å². The van der Waals surface area contributed by atoms with Crippen molar-refractivity contribution in [3.05, 3.63) is 61.2 Å². The number of carbonyl (C=O) groups is 2. The summed E-state index contributed by atoms with van der Waals surface area (Å²) in [5.74, 6) is 1.05. The molecule has 9 nitrogen and oxygen atoms in total. The molecule has 0 radical (unpaired) electrons. The van der Waals surface area contributed by atoms with Crippen LogP contribution in [0.2, 0.25) is 0 Å². The molecule has 1 heterocycles. The molecule has 32 heavy (non-hydrogen) atoms. The molecule has 2 aromatic carbocycles. The second-order valence-corrected chi connectivity index (χ2v) is 7.00. The number of ether oxygens (including phenoxy) is 2. The number of benzene rings is 2. The highest BCUT2D eigenvalue weighted by molar-refractivity contribution is 5.94. The van der Waals surface area contributed by atoms with Gasteiger partial charge >= 0.3 is 0 Å². The van der Waals surface area contributed by atoms with Gasteiger partial charge in [-0.3, -0.25) is 9.59 Å². The summed E-state index contributed by atoms with van der Waals surface area (Å²) in [7, 11) is 0. The summed E-state index contributed by atoms with van der Waals surface area (Å²) >= 11 is 0. The number of nitrogens with zero attached hydrogens (tertiary/aromatic N) is 3. The van der Waals surface area contributed by atoms with Crippen LogP contribution in [0.25, 0.3) is 0 Å². The Morgan fingerprint density at radius 3 is 2.28 bits per heavy atom. The Bertz CT molecular complexity index is 1010. The van der Waals surface area contributed by atoms with Crippen molar-refractivity contribution in [2.75, 3.05) is 23.8 Å². The maximum atomic E-state index is 12.3. The largest absolute Gasteiger partial charge is 0.490 e. The number of amides is 2. The zero-order valence-electron chi connectivity index (χ0n) is 18.2. The Balaban J connectivity index is 1.40. The summed E-state index contributed by atoms with van der Waals surface area (Å²) in [6.07, 6.45) is 3.77. The average molecular weight is 438 g/mol. The zero-order valence-corrected chi connectivity index (χ0v) is 18.2. The van der Waals surface area contributed by atoms with Crippen LogP contribution in [0.15, 0.2) is 61.2 Å². The van der Waals surface area contributed by atoms with Crippen molar-refractivity contribution < 1.29 is 19.1 Å². The van der Waals surface area contributed by atoms with Crippen molar-refractivity contribution in [2.45, 2.75) is 32.7 Å². The SMILES string of the molecule is CCOc1ccccc1OCCCC(=O)Nc1ccc(NC(=O)C(C)n2cncn2)cc1. The van der Waals surface area contributed by atoms with Crippen LogP contribution in [0.5, 0.6) is 11.5 Å². The van der Waals surface area contributed by atoms with Gasteiger partial charge in [-0.1, -0.05) is 12.1 Å². The van der Waals surface area contributed by atoms with Crippen molar-refractivity contribution in [1.82, 2.24) is 14.8 Å². The Morgan fingerprint density at radius 1 is 1.00 bits per heavy atom. The van der Waals surface area contributed by atoms with Crippen molar-refractivity contribution >= 4 is 23.2 Å². The first-order valence-corrected chi connectivity index (χ1v) is 10.5. The molecule has 0 aliphatic rings. The Kier molecular flexibility index (Phi) is 8.19. The number of anilines is 2. The number of nitrogens with one attached hydrogen (secondary N) is 2. The number of carbonyl (C=O) groups excluding carboxylic acids is 2. The molecule has 2 amide bonds. The van der Waals surface area contributed by atoms with E-state index in [0.717, 1.165) is 0 Å². The molecular weight excluding hydrogens is 410 g/mol. The fraction of sp³-hybridized carbons (Fsp3) is 0.304. The van der Waals surface area contributed by atoms with Crippen LogP contribution in [-0.4, -0.2) is 39.8 Å². The molecule has 0 fully saturated rings. The lowest BCUT2D eigenvalue weighted by molar-refractivity contribution is -0.119. The molecule has 9 heteroatoms. The summed E-state index contributed by atoms with van der Waals surface area (Å²) in [4.78, 5) is 28.3. The van der Waals surface area contributed by atoms with Gasteiger partial charge in [-0.25, -0.2) is 9.67 Å². The van der Waals surface area contributed by atoms with Crippen LogP contribution in [0, 0.1) is 0 Å². The molecule has 0 saturated heterocycles. The van der Waals surface area contributed by atoms with Gasteiger partial charge in [-0.15, -0.1) is 0 Å². The van der Waals surface area contributed by atoms with E-state index in [9.17, 15) is 9.59 Å². The molecule has 168 valence electrons. The number of rotatable bonds is 11. The van der Waals surface area contributed by atoms with Crippen LogP contribution in [0.4, 0.5) is 11.4 Å². The molecule has 0 spiro atoms. The van der Waals surface area contributed by atoms with Crippen LogP contribution in [0.3, 0.4) is 0 Å². The van der Waals surface area contributed by atoms with Gasteiger partial charge in [-0.2, -0.15) is 5.10 Å². The van der Waals surface area contributed by atoms with Crippen LogP contribution in [-0.2, 0) is 9.59 Å². The smallest absolute Gasteiger partial charge is 0.249 e. The third-order valence-electron chi connectivity index (χ3n) is 4.60. The molecule has 2 N–H and O–H groups in total. The minimum absolute atomic E-state index is 0.108. The minimum atomic E-state index is -0.486. The van der Waals surface area contributed by atoms with E-state index in [-0.39, 0.29) is 11.8 Å². The van der Waals surface area contributed by atoms with Gasteiger partial charge in [0.1, 0.15) is 18.7 Å². The van der Waals surface area contributed by atoms with Gasteiger partial charge in [-0.05, 0) is 56.7 Å². The molecule has 0 aliphatic heterocycles. The summed E-state index contributed by atoms with van der Waals surface area (Å²) in [6, 6.07) is 13.9. The van der Waals surface area contributed by atoms with Crippen LogP contribution < -0.4 is 20.1 Å². The van der Waals surface area contributed by atoms with Crippen molar-refractivity contribution in [3.63, 3.8) is 0 Å². The maximum Gasteiger partial charge on any atom is 0.249 e. The Labute approximate surface area is 186 Å². The molecule has 0 bridgehead atoms. The topological polar surface area (TPSA) is 107 Å². The first-order valence-electron chi connectivity index (χ1n) is 10.5. The van der Waals surface area contributed by atoms with E-state index in [2.05, 4.69) is 20.7 Å². The normalized spacial score (nSPS) is 11.4. The predicted molar refractivity (Wildman–Crippen MR) is 121 cm³/mol. The Morgan fingerprint density at radius 2 is 1.66 bits per heavy atom. The van der Waals surface area contributed by atoms with E-state index in [1.165, 1.54) is 17.3 Å².